The Hall–Kier alpha value is -1.96. The molecule has 108 valence electrons. The summed E-state index contributed by atoms with van der Waals surface area (Å²) in [5.41, 5.74) is -0.428. The van der Waals surface area contributed by atoms with Gasteiger partial charge in [-0.1, -0.05) is 0 Å². The first-order valence-electron chi connectivity index (χ1n) is 5.96. The minimum atomic E-state index is -1.55. The van der Waals surface area contributed by atoms with Crippen molar-refractivity contribution in [2.24, 2.45) is 0 Å². The maximum Gasteiger partial charge on any atom is 0.196 e. The van der Waals surface area contributed by atoms with Gasteiger partial charge in [-0.2, -0.15) is 4.68 Å². The summed E-state index contributed by atoms with van der Waals surface area (Å²) in [7, 11) is 0. The van der Waals surface area contributed by atoms with Crippen LogP contribution in [0.15, 0.2) is 12.1 Å². The fourth-order valence-electron chi connectivity index (χ4n) is 1.53. The third-order valence-corrected chi connectivity index (χ3v) is 2.55. The van der Waals surface area contributed by atoms with Crippen molar-refractivity contribution in [3.05, 3.63) is 35.4 Å². The summed E-state index contributed by atoms with van der Waals surface area (Å²) in [6, 6.07) is 1.92. The molecule has 0 saturated carbocycles. The Labute approximate surface area is 113 Å². The van der Waals surface area contributed by atoms with Crippen LogP contribution in [-0.4, -0.2) is 25.7 Å². The van der Waals surface area contributed by atoms with Gasteiger partial charge < -0.3 is 5.32 Å². The monoisotopic (exact) mass is 285 g/mol. The molecule has 5 nitrogen and oxygen atoms in total. The van der Waals surface area contributed by atoms with Crippen LogP contribution in [0.1, 0.15) is 26.6 Å². The van der Waals surface area contributed by atoms with Crippen LogP contribution < -0.4 is 5.32 Å². The molecule has 2 aromatic rings. The topological polar surface area (TPSA) is 55.6 Å². The molecule has 1 aromatic heterocycles. The standard InChI is InChI=1S/C12H14F3N5/c1-12(2,3)16-6-9-17-18-19-20(9)8-5-4-7(13)10(14)11(8)15/h4-5,16H,6H2,1-3H3. The molecule has 0 aliphatic heterocycles. The highest BCUT2D eigenvalue weighted by Gasteiger charge is 2.19. The van der Waals surface area contributed by atoms with Crippen LogP contribution in [0.3, 0.4) is 0 Å². The lowest BCUT2D eigenvalue weighted by atomic mass is 10.1. The van der Waals surface area contributed by atoms with Gasteiger partial charge in [0, 0.05) is 5.54 Å². The predicted octanol–water partition coefficient (Wildman–Crippen LogP) is 1.97. The van der Waals surface area contributed by atoms with Crippen LogP contribution in [0.25, 0.3) is 5.69 Å². The third-order valence-electron chi connectivity index (χ3n) is 2.55. The molecule has 0 spiro atoms. The smallest absolute Gasteiger partial charge is 0.196 e. The maximum atomic E-state index is 13.7. The van der Waals surface area contributed by atoms with Crippen molar-refractivity contribution < 1.29 is 13.2 Å². The average Bonchev–Trinajstić information content (AvgIpc) is 2.81. The Bertz CT molecular complexity index is 618. The number of hydrogen-bond acceptors (Lipinski definition) is 4. The van der Waals surface area contributed by atoms with Crippen LogP contribution in [-0.2, 0) is 6.54 Å². The van der Waals surface area contributed by atoms with E-state index >= 15 is 0 Å². The van der Waals surface area contributed by atoms with Gasteiger partial charge in [-0.05, 0) is 43.3 Å². The molecule has 0 aliphatic carbocycles. The van der Waals surface area contributed by atoms with Crippen LogP contribution in [0, 0.1) is 17.5 Å². The highest BCUT2D eigenvalue weighted by molar-refractivity contribution is 5.34. The van der Waals surface area contributed by atoms with E-state index in [1.807, 2.05) is 20.8 Å². The molecule has 0 atom stereocenters. The maximum absolute atomic E-state index is 13.7. The SMILES string of the molecule is CC(C)(C)NCc1nnnn1-c1ccc(F)c(F)c1F. The van der Waals surface area contributed by atoms with Crippen LogP contribution in [0.4, 0.5) is 13.2 Å². The van der Waals surface area contributed by atoms with Gasteiger partial charge in [0.1, 0.15) is 5.69 Å². The molecule has 1 heterocycles. The molecule has 2 rings (SSSR count). The van der Waals surface area contributed by atoms with E-state index in [1.54, 1.807) is 0 Å². The van der Waals surface area contributed by atoms with Gasteiger partial charge in [0.15, 0.2) is 23.3 Å². The number of rotatable bonds is 3. The largest absolute Gasteiger partial charge is 0.305 e. The van der Waals surface area contributed by atoms with Crippen molar-refractivity contribution in [1.29, 1.82) is 0 Å². The summed E-state index contributed by atoms with van der Waals surface area (Å²) in [4.78, 5) is 0. The van der Waals surface area contributed by atoms with E-state index in [4.69, 9.17) is 0 Å². The van der Waals surface area contributed by atoms with Crippen molar-refractivity contribution in [3.8, 4) is 5.69 Å². The van der Waals surface area contributed by atoms with E-state index in [2.05, 4.69) is 20.8 Å². The van der Waals surface area contributed by atoms with Crippen molar-refractivity contribution in [2.75, 3.05) is 0 Å². The van der Waals surface area contributed by atoms with E-state index in [-0.39, 0.29) is 17.8 Å². The summed E-state index contributed by atoms with van der Waals surface area (Å²) in [6.45, 7) is 6.09. The van der Waals surface area contributed by atoms with Gasteiger partial charge in [-0.25, -0.2) is 13.2 Å². The van der Waals surface area contributed by atoms with Crippen molar-refractivity contribution in [2.45, 2.75) is 32.9 Å². The molecule has 0 radical (unpaired) electrons. The van der Waals surface area contributed by atoms with Gasteiger partial charge in [-0.3, -0.25) is 0 Å². The Morgan fingerprint density at radius 3 is 2.50 bits per heavy atom. The molecule has 0 aliphatic rings. The highest BCUT2D eigenvalue weighted by atomic mass is 19.2. The molecule has 0 fully saturated rings. The predicted molar refractivity (Wildman–Crippen MR) is 65.6 cm³/mol. The molecule has 0 amide bonds. The normalized spacial score (nSPS) is 11.9. The second-order valence-corrected chi connectivity index (χ2v) is 5.30. The molecule has 8 heteroatoms. The number of nitrogens with zero attached hydrogens (tertiary/aromatic N) is 4. The lowest BCUT2D eigenvalue weighted by Crippen LogP contribution is -2.36. The van der Waals surface area contributed by atoms with Gasteiger partial charge in [0.25, 0.3) is 0 Å². The van der Waals surface area contributed by atoms with E-state index in [1.165, 1.54) is 0 Å². The fraction of sp³-hybridized carbons (Fsp3) is 0.417. The number of aromatic nitrogens is 4. The van der Waals surface area contributed by atoms with Gasteiger partial charge in [0.05, 0.1) is 6.54 Å². The van der Waals surface area contributed by atoms with E-state index in [0.717, 1.165) is 16.8 Å². The second kappa shape index (κ2) is 5.20. The van der Waals surface area contributed by atoms with Crippen LogP contribution in [0.2, 0.25) is 0 Å². The average molecular weight is 285 g/mol. The molecule has 20 heavy (non-hydrogen) atoms. The number of nitrogens with one attached hydrogen (secondary N) is 1. The first-order chi connectivity index (χ1) is 9.29. The number of benzene rings is 1. The zero-order valence-corrected chi connectivity index (χ0v) is 11.3. The minimum absolute atomic E-state index is 0.191. The summed E-state index contributed by atoms with van der Waals surface area (Å²) < 4.78 is 40.9. The zero-order chi connectivity index (χ0) is 14.9. The molecular formula is C12H14F3N5. The first-order valence-corrected chi connectivity index (χ1v) is 5.96. The molecule has 1 N–H and O–H groups in total. The Kier molecular flexibility index (Phi) is 3.76. The van der Waals surface area contributed by atoms with Crippen molar-refractivity contribution >= 4 is 0 Å². The number of halogens is 3. The molecule has 0 bridgehead atoms. The van der Waals surface area contributed by atoms with Crippen molar-refractivity contribution in [1.82, 2.24) is 25.5 Å². The highest BCUT2D eigenvalue weighted by Crippen LogP contribution is 2.19. The second-order valence-electron chi connectivity index (χ2n) is 5.30. The third kappa shape index (κ3) is 2.96. The van der Waals surface area contributed by atoms with Crippen molar-refractivity contribution in [3.63, 3.8) is 0 Å². The molecule has 1 aromatic carbocycles. The number of hydrogen-bond donors (Lipinski definition) is 1. The molecule has 0 saturated heterocycles. The lowest BCUT2D eigenvalue weighted by Gasteiger charge is -2.19. The molecule has 0 unspecified atom stereocenters. The minimum Gasteiger partial charge on any atom is -0.305 e. The van der Waals surface area contributed by atoms with Gasteiger partial charge in [0.2, 0.25) is 0 Å². The van der Waals surface area contributed by atoms with Gasteiger partial charge in [-0.15, -0.1) is 5.10 Å². The van der Waals surface area contributed by atoms with Gasteiger partial charge >= 0.3 is 0 Å². The molecular weight excluding hydrogens is 271 g/mol. The van der Waals surface area contributed by atoms with E-state index in [0.29, 0.717) is 5.82 Å². The fourth-order valence-corrected chi connectivity index (χ4v) is 1.53. The summed E-state index contributed by atoms with van der Waals surface area (Å²) >= 11 is 0. The summed E-state index contributed by atoms with van der Waals surface area (Å²) in [6.07, 6.45) is 0. The summed E-state index contributed by atoms with van der Waals surface area (Å²) in [5, 5.41) is 13.9. The first kappa shape index (κ1) is 14.4. The quantitative estimate of drug-likeness (QED) is 0.876. The summed E-state index contributed by atoms with van der Waals surface area (Å²) in [5.74, 6) is -3.83. The van der Waals surface area contributed by atoms with Crippen LogP contribution >= 0.6 is 0 Å². The number of tetrazole rings is 1. The van der Waals surface area contributed by atoms with E-state index < -0.39 is 17.5 Å². The Morgan fingerprint density at radius 2 is 1.85 bits per heavy atom. The Balaban J connectivity index is 2.35. The zero-order valence-electron chi connectivity index (χ0n) is 11.3. The lowest BCUT2D eigenvalue weighted by molar-refractivity contribution is 0.412. The van der Waals surface area contributed by atoms with Crippen LogP contribution in [0.5, 0.6) is 0 Å². The van der Waals surface area contributed by atoms with E-state index in [9.17, 15) is 13.2 Å². The Morgan fingerprint density at radius 1 is 1.15 bits per heavy atom.